The maximum atomic E-state index is 10.3. The average molecular weight is 167 g/mol. The molecule has 0 aliphatic heterocycles. The molecular formula is C10H17NO. The lowest BCUT2D eigenvalue weighted by molar-refractivity contribution is -0.849. The number of rotatable bonds is 0. The van der Waals surface area contributed by atoms with Gasteiger partial charge in [0.05, 0.1) is 28.2 Å². The molecule has 0 aliphatic carbocycles. The standard InChI is InChI=1S/C6H6O.C4H12N/c7-6-4-2-1-3-5-6;1-5(2,3)4/h1-5,7H;1-4H3/q;+1/p-1. The van der Waals surface area contributed by atoms with Crippen molar-refractivity contribution in [2.24, 2.45) is 0 Å². The quantitative estimate of drug-likeness (QED) is 0.530. The van der Waals surface area contributed by atoms with Crippen LogP contribution >= 0.6 is 0 Å². The summed E-state index contributed by atoms with van der Waals surface area (Å²) in [6.07, 6.45) is 0. The van der Waals surface area contributed by atoms with Crippen molar-refractivity contribution in [2.45, 2.75) is 0 Å². The number of hydrogen-bond acceptors (Lipinski definition) is 1. The van der Waals surface area contributed by atoms with Crippen molar-refractivity contribution in [3.05, 3.63) is 30.3 Å². The van der Waals surface area contributed by atoms with Gasteiger partial charge in [0.1, 0.15) is 0 Å². The van der Waals surface area contributed by atoms with Gasteiger partial charge in [0.25, 0.3) is 0 Å². The van der Waals surface area contributed by atoms with Crippen LogP contribution in [0.3, 0.4) is 0 Å². The van der Waals surface area contributed by atoms with E-state index in [0.29, 0.717) is 0 Å². The number of benzene rings is 1. The van der Waals surface area contributed by atoms with E-state index in [-0.39, 0.29) is 5.75 Å². The molecule has 0 radical (unpaired) electrons. The lowest BCUT2D eigenvalue weighted by atomic mass is 10.3. The molecular weight excluding hydrogens is 150 g/mol. The average Bonchev–Trinajstić information content (AvgIpc) is 1.85. The molecule has 0 aliphatic rings. The first-order valence-electron chi connectivity index (χ1n) is 3.90. The Hall–Kier alpha value is -1.02. The van der Waals surface area contributed by atoms with Gasteiger partial charge in [-0.3, -0.25) is 0 Å². The van der Waals surface area contributed by atoms with Crippen molar-refractivity contribution < 1.29 is 9.59 Å². The van der Waals surface area contributed by atoms with Crippen LogP contribution in [0.5, 0.6) is 5.75 Å². The highest BCUT2D eigenvalue weighted by Gasteiger charge is 1.88. The summed E-state index contributed by atoms with van der Waals surface area (Å²) in [7, 11) is 8.50. The molecule has 0 unspecified atom stereocenters. The first-order chi connectivity index (χ1) is 5.39. The normalized spacial score (nSPS) is 10.0. The summed E-state index contributed by atoms with van der Waals surface area (Å²) in [6.45, 7) is 0. The second-order valence-corrected chi connectivity index (χ2v) is 4.00. The zero-order chi connectivity index (χ0) is 9.61. The van der Waals surface area contributed by atoms with E-state index in [2.05, 4.69) is 28.2 Å². The van der Waals surface area contributed by atoms with Gasteiger partial charge in [0.2, 0.25) is 0 Å². The molecule has 1 aromatic carbocycles. The van der Waals surface area contributed by atoms with Crippen LogP contribution in [-0.2, 0) is 0 Å². The monoisotopic (exact) mass is 167 g/mol. The predicted molar refractivity (Wildman–Crippen MR) is 49.8 cm³/mol. The molecule has 0 amide bonds. The van der Waals surface area contributed by atoms with Gasteiger partial charge in [-0.15, -0.1) is 5.75 Å². The van der Waals surface area contributed by atoms with Crippen molar-refractivity contribution >= 4 is 0 Å². The minimum Gasteiger partial charge on any atom is -0.872 e. The first-order valence-corrected chi connectivity index (χ1v) is 3.90. The van der Waals surface area contributed by atoms with E-state index >= 15 is 0 Å². The molecule has 0 fully saturated rings. The Labute approximate surface area is 74.7 Å². The van der Waals surface area contributed by atoms with E-state index < -0.39 is 0 Å². The molecule has 1 aromatic rings. The first kappa shape index (κ1) is 11.0. The van der Waals surface area contributed by atoms with Crippen LogP contribution in [0.15, 0.2) is 30.3 Å². The van der Waals surface area contributed by atoms with Crippen molar-refractivity contribution in [1.82, 2.24) is 0 Å². The topological polar surface area (TPSA) is 23.1 Å². The Morgan fingerprint density at radius 3 is 1.42 bits per heavy atom. The Morgan fingerprint density at radius 2 is 1.25 bits per heavy atom. The van der Waals surface area contributed by atoms with Gasteiger partial charge >= 0.3 is 0 Å². The second-order valence-electron chi connectivity index (χ2n) is 4.00. The summed E-state index contributed by atoms with van der Waals surface area (Å²) in [4.78, 5) is 0. The fourth-order valence-electron chi connectivity index (χ4n) is 0.420. The van der Waals surface area contributed by atoms with Gasteiger partial charge in [-0.25, -0.2) is 0 Å². The molecule has 0 N–H and O–H groups in total. The Balaban J connectivity index is 0.000000217. The summed E-state index contributed by atoms with van der Waals surface area (Å²) in [5, 5.41) is 10.3. The van der Waals surface area contributed by atoms with Crippen LogP contribution in [0.2, 0.25) is 0 Å². The number of nitrogens with zero attached hydrogens (tertiary/aromatic N) is 1. The van der Waals surface area contributed by atoms with Crippen LogP contribution < -0.4 is 5.11 Å². The van der Waals surface area contributed by atoms with Crippen LogP contribution in [0.1, 0.15) is 0 Å². The summed E-state index contributed by atoms with van der Waals surface area (Å²) in [6, 6.07) is 8.33. The van der Waals surface area contributed by atoms with Gasteiger partial charge in [-0.05, 0) is 0 Å². The number of quaternary nitrogens is 1. The highest BCUT2D eigenvalue weighted by atomic mass is 16.3. The van der Waals surface area contributed by atoms with Crippen LogP contribution in [-0.4, -0.2) is 32.7 Å². The maximum absolute atomic E-state index is 10.3. The summed E-state index contributed by atoms with van der Waals surface area (Å²) >= 11 is 0. The molecule has 12 heavy (non-hydrogen) atoms. The highest BCUT2D eigenvalue weighted by Crippen LogP contribution is 1.98. The Morgan fingerprint density at radius 1 is 0.917 bits per heavy atom. The van der Waals surface area contributed by atoms with Crippen molar-refractivity contribution in [2.75, 3.05) is 28.2 Å². The molecule has 0 spiro atoms. The minimum absolute atomic E-state index is 0.0718. The molecule has 0 heterocycles. The molecule has 0 atom stereocenters. The largest absolute Gasteiger partial charge is 0.872 e. The molecule has 68 valence electrons. The van der Waals surface area contributed by atoms with E-state index in [4.69, 9.17) is 0 Å². The third-order valence-electron chi connectivity index (χ3n) is 0.743. The van der Waals surface area contributed by atoms with E-state index in [0.717, 1.165) is 4.48 Å². The zero-order valence-electron chi connectivity index (χ0n) is 8.24. The molecule has 0 saturated carbocycles. The third-order valence-corrected chi connectivity index (χ3v) is 0.743. The van der Waals surface area contributed by atoms with Gasteiger partial charge in [0.15, 0.2) is 0 Å². The summed E-state index contributed by atoms with van der Waals surface area (Å²) < 4.78 is 1.00. The zero-order valence-corrected chi connectivity index (χ0v) is 8.24. The fourth-order valence-corrected chi connectivity index (χ4v) is 0.420. The van der Waals surface area contributed by atoms with Gasteiger partial charge in [-0.1, -0.05) is 30.3 Å². The van der Waals surface area contributed by atoms with E-state index in [1.807, 2.05) is 6.07 Å². The summed E-state index contributed by atoms with van der Waals surface area (Å²) in [5.41, 5.74) is 0. The van der Waals surface area contributed by atoms with E-state index in [1.54, 1.807) is 12.1 Å². The van der Waals surface area contributed by atoms with E-state index in [9.17, 15) is 5.11 Å². The SMILES string of the molecule is C[N+](C)(C)C.[O-]c1ccccc1. The number of para-hydroxylation sites is 1. The summed E-state index contributed by atoms with van der Waals surface area (Å²) in [5.74, 6) is 0.0718. The van der Waals surface area contributed by atoms with Crippen molar-refractivity contribution in [3.8, 4) is 5.75 Å². The molecule has 2 nitrogen and oxygen atoms in total. The second kappa shape index (κ2) is 4.78. The van der Waals surface area contributed by atoms with Crippen molar-refractivity contribution in [3.63, 3.8) is 0 Å². The smallest absolute Gasteiger partial charge is 0.0675 e. The lowest BCUT2D eigenvalue weighted by Gasteiger charge is -2.14. The molecule has 0 aromatic heterocycles. The third kappa shape index (κ3) is 11.7. The highest BCUT2D eigenvalue weighted by molar-refractivity contribution is 5.17. The molecule has 0 saturated heterocycles. The van der Waals surface area contributed by atoms with Crippen molar-refractivity contribution in [1.29, 1.82) is 0 Å². The van der Waals surface area contributed by atoms with Gasteiger partial charge < -0.3 is 9.59 Å². The van der Waals surface area contributed by atoms with Crippen LogP contribution in [0, 0.1) is 0 Å². The number of hydrogen-bond donors (Lipinski definition) is 0. The minimum atomic E-state index is 0.0718. The molecule has 1 rings (SSSR count). The van der Waals surface area contributed by atoms with Gasteiger partial charge in [0, 0.05) is 0 Å². The van der Waals surface area contributed by atoms with E-state index in [1.165, 1.54) is 12.1 Å². The lowest BCUT2D eigenvalue weighted by Crippen LogP contribution is -2.27. The van der Waals surface area contributed by atoms with Gasteiger partial charge in [-0.2, -0.15) is 0 Å². The Bertz CT molecular complexity index is 195. The molecule has 0 bridgehead atoms. The van der Waals surface area contributed by atoms with Crippen LogP contribution in [0.4, 0.5) is 0 Å². The molecule has 2 heteroatoms. The maximum Gasteiger partial charge on any atom is 0.0675 e. The predicted octanol–water partition coefficient (Wildman–Crippen LogP) is 1.08. The fraction of sp³-hybridized carbons (Fsp3) is 0.400. The Kier molecular flexibility index (Phi) is 4.37. The van der Waals surface area contributed by atoms with Crippen LogP contribution in [0.25, 0.3) is 0 Å².